The lowest BCUT2D eigenvalue weighted by atomic mass is 10.3. The fourth-order valence-electron chi connectivity index (χ4n) is 2.06. The largest absolute Gasteiger partial charge is 0.484 e. The normalized spacial score (nSPS) is 11.3. The third-order valence-corrected chi connectivity index (χ3v) is 4.34. The molecule has 0 saturated heterocycles. The summed E-state index contributed by atoms with van der Waals surface area (Å²) in [6.45, 7) is 4.20. The van der Waals surface area contributed by atoms with Crippen molar-refractivity contribution in [3.05, 3.63) is 58.8 Å². The molecule has 0 unspecified atom stereocenters. The minimum atomic E-state index is 0.292. The second-order valence-electron chi connectivity index (χ2n) is 5.04. The van der Waals surface area contributed by atoms with E-state index in [0.717, 1.165) is 16.7 Å². The molecule has 2 aromatic heterocycles. The fraction of sp³-hybridized carbons (Fsp3) is 0.235. The smallest absolute Gasteiger partial charge is 0.212 e. The number of hydrogen-bond acceptors (Lipinski definition) is 6. The number of halogens is 1. The van der Waals surface area contributed by atoms with Crippen molar-refractivity contribution in [3.63, 3.8) is 0 Å². The maximum absolute atomic E-state index is 6.06. The van der Waals surface area contributed by atoms with Crippen molar-refractivity contribution in [2.45, 2.75) is 25.6 Å². The first-order valence-corrected chi connectivity index (χ1v) is 9.09. The van der Waals surface area contributed by atoms with E-state index in [2.05, 4.69) is 22.2 Å². The average Bonchev–Trinajstić information content (AvgIpc) is 3.20. The van der Waals surface area contributed by atoms with Crippen LogP contribution in [0.25, 0.3) is 0 Å². The van der Waals surface area contributed by atoms with Gasteiger partial charge in [0.2, 0.25) is 5.16 Å². The quantitative estimate of drug-likeness (QED) is 0.451. The van der Waals surface area contributed by atoms with Gasteiger partial charge in [-0.05, 0) is 36.9 Å². The highest BCUT2D eigenvalue weighted by Crippen LogP contribution is 2.24. The van der Waals surface area contributed by atoms with Crippen LogP contribution in [0.15, 0.2) is 51.1 Å². The minimum absolute atomic E-state index is 0.292. The molecule has 0 N–H and O–H groups in total. The van der Waals surface area contributed by atoms with Crippen molar-refractivity contribution in [1.82, 2.24) is 14.9 Å². The van der Waals surface area contributed by atoms with Crippen LogP contribution in [0.5, 0.6) is 5.75 Å². The topological polar surface area (TPSA) is 65.4 Å². The lowest BCUT2D eigenvalue weighted by molar-refractivity contribution is 0.270. The molecule has 8 heteroatoms. The Kier molecular flexibility index (Phi) is 5.78. The van der Waals surface area contributed by atoms with Crippen LogP contribution in [0.1, 0.15) is 24.3 Å². The van der Waals surface area contributed by atoms with Crippen molar-refractivity contribution < 1.29 is 9.15 Å². The standard InChI is InChI=1S/C17H17ClN4O2S/c1-3-25-17-21-20-12(2)22(17)19-10-13-8-9-14(24-13)11-23-16-7-5-4-6-15(16)18/h4-10H,3,11H2,1-2H3. The Morgan fingerprint density at radius 3 is 2.92 bits per heavy atom. The molecule has 0 saturated carbocycles. The summed E-state index contributed by atoms with van der Waals surface area (Å²) in [5.74, 6) is 3.55. The van der Waals surface area contributed by atoms with Crippen molar-refractivity contribution in [1.29, 1.82) is 0 Å². The molecule has 2 heterocycles. The van der Waals surface area contributed by atoms with Gasteiger partial charge in [0.05, 0.1) is 11.2 Å². The van der Waals surface area contributed by atoms with Gasteiger partial charge >= 0.3 is 0 Å². The van der Waals surface area contributed by atoms with E-state index in [1.807, 2.05) is 37.3 Å². The van der Waals surface area contributed by atoms with E-state index in [4.69, 9.17) is 20.8 Å². The van der Waals surface area contributed by atoms with Gasteiger partial charge in [0.25, 0.3) is 0 Å². The van der Waals surface area contributed by atoms with E-state index in [0.29, 0.717) is 28.9 Å². The molecular weight excluding hydrogens is 360 g/mol. The zero-order chi connectivity index (χ0) is 17.6. The first-order valence-electron chi connectivity index (χ1n) is 7.72. The summed E-state index contributed by atoms with van der Waals surface area (Å²) in [5, 5.41) is 13.8. The average molecular weight is 377 g/mol. The molecule has 0 radical (unpaired) electrons. The van der Waals surface area contributed by atoms with Crippen LogP contribution in [0.2, 0.25) is 5.02 Å². The monoisotopic (exact) mass is 376 g/mol. The van der Waals surface area contributed by atoms with Gasteiger partial charge in [0.15, 0.2) is 5.82 Å². The number of ether oxygens (including phenoxy) is 1. The van der Waals surface area contributed by atoms with E-state index in [1.54, 1.807) is 28.7 Å². The van der Waals surface area contributed by atoms with Crippen LogP contribution < -0.4 is 4.74 Å². The number of nitrogens with zero attached hydrogens (tertiary/aromatic N) is 4. The zero-order valence-corrected chi connectivity index (χ0v) is 15.4. The summed E-state index contributed by atoms with van der Waals surface area (Å²) < 4.78 is 13.1. The van der Waals surface area contributed by atoms with Gasteiger partial charge in [0.1, 0.15) is 23.9 Å². The Balaban J connectivity index is 1.66. The van der Waals surface area contributed by atoms with Crippen molar-refractivity contribution in [3.8, 4) is 5.75 Å². The second-order valence-corrected chi connectivity index (χ2v) is 6.68. The van der Waals surface area contributed by atoms with Crippen LogP contribution >= 0.6 is 23.4 Å². The van der Waals surface area contributed by atoms with Crippen LogP contribution in [-0.4, -0.2) is 26.8 Å². The minimum Gasteiger partial charge on any atom is -0.484 e. The number of aryl methyl sites for hydroxylation is 1. The molecule has 0 aliphatic carbocycles. The summed E-state index contributed by atoms with van der Waals surface area (Å²) >= 11 is 7.65. The molecule has 3 rings (SSSR count). The predicted octanol–water partition coefficient (Wildman–Crippen LogP) is 4.41. The highest BCUT2D eigenvalue weighted by molar-refractivity contribution is 7.99. The number of para-hydroxylation sites is 1. The Hall–Kier alpha value is -2.25. The van der Waals surface area contributed by atoms with E-state index < -0.39 is 0 Å². The first kappa shape index (κ1) is 17.6. The Morgan fingerprint density at radius 1 is 1.28 bits per heavy atom. The van der Waals surface area contributed by atoms with E-state index >= 15 is 0 Å². The molecular formula is C17H17ClN4O2S. The molecule has 0 spiro atoms. The molecule has 6 nitrogen and oxygen atoms in total. The molecule has 1 aromatic carbocycles. The third kappa shape index (κ3) is 4.43. The fourth-order valence-corrected chi connectivity index (χ4v) is 2.91. The van der Waals surface area contributed by atoms with Gasteiger partial charge in [-0.3, -0.25) is 0 Å². The number of hydrogen-bond donors (Lipinski definition) is 0. The molecule has 130 valence electrons. The summed E-state index contributed by atoms with van der Waals surface area (Å²) in [6, 6.07) is 11.0. The highest BCUT2D eigenvalue weighted by atomic mass is 35.5. The van der Waals surface area contributed by atoms with Crippen LogP contribution in [-0.2, 0) is 6.61 Å². The molecule has 0 aliphatic heterocycles. The van der Waals surface area contributed by atoms with Gasteiger partial charge < -0.3 is 9.15 Å². The maximum Gasteiger partial charge on any atom is 0.212 e. The van der Waals surface area contributed by atoms with E-state index in [-0.39, 0.29) is 0 Å². The molecule has 0 bridgehead atoms. The molecule has 0 aliphatic rings. The predicted molar refractivity (Wildman–Crippen MR) is 98.6 cm³/mol. The summed E-state index contributed by atoms with van der Waals surface area (Å²) in [5.41, 5.74) is 0. The maximum atomic E-state index is 6.06. The number of benzene rings is 1. The Morgan fingerprint density at radius 2 is 2.12 bits per heavy atom. The van der Waals surface area contributed by atoms with Crippen LogP contribution in [0.3, 0.4) is 0 Å². The molecule has 0 fully saturated rings. The molecule has 3 aromatic rings. The highest BCUT2D eigenvalue weighted by Gasteiger charge is 2.08. The van der Waals surface area contributed by atoms with Gasteiger partial charge in [-0.2, -0.15) is 9.78 Å². The van der Waals surface area contributed by atoms with Crippen molar-refractivity contribution >= 4 is 29.6 Å². The van der Waals surface area contributed by atoms with Gasteiger partial charge in [-0.15, -0.1) is 10.2 Å². The number of thioether (sulfide) groups is 1. The number of rotatable bonds is 7. The summed E-state index contributed by atoms with van der Waals surface area (Å²) in [4.78, 5) is 0. The van der Waals surface area contributed by atoms with Crippen molar-refractivity contribution in [2.75, 3.05) is 5.75 Å². The summed E-state index contributed by atoms with van der Waals surface area (Å²) in [6.07, 6.45) is 1.63. The summed E-state index contributed by atoms with van der Waals surface area (Å²) in [7, 11) is 0. The lowest BCUT2D eigenvalue weighted by Gasteiger charge is -2.05. The number of furan rings is 1. The molecule has 0 atom stereocenters. The lowest BCUT2D eigenvalue weighted by Crippen LogP contribution is -1.96. The Labute approximate surface area is 154 Å². The first-order chi connectivity index (χ1) is 12.2. The van der Waals surface area contributed by atoms with Gasteiger partial charge in [-0.1, -0.05) is 42.4 Å². The van der Waals surface area contributed by atoms with Gasteiger partial charge in [0, 0.05) is 0 Å². The SMILES string of the molecule is CCSc1nnc(C)n1N=Cc1ccc(COc2ccccc2Cl)o1. The van der Waals surface area contributed by atoms with Crippen LogP contribution in [0.4, 0.5) is 0 Å². The third-order valence-electron chi connectivity index (χ3n) is 3.23. The van der Waals surface area contributed by atoms with Gasteiger partial charge in [-0.25, -0.2) is 0 Å². The Bertz CT molecular complexity index is 875. The number of aromatic nitrogens is 3. The van der Waals surface area contributed by atoms with E-state index in [1.165, 1.54) is 0 Å². The molecule has 25 heavy (non-hydrogen) atoms. The van der Waals surface area contributed by atoms with Crippen molar-refractivity contribution in [2.24, 2.45) is 5.10 Å². The van der Waals surface area contributed by atoms with Crippen LogP contribution in [0, 0.1) is 6.92 Å². The van der Waals surface area contributed by atoms with E-state index in [9.17, 15) is 0 Å². The molecule has 0 amide bonds. The second kappa shape index (κ2) is 8.22. The zero-order valence-electron chi connectivity index (χ0n) is 13.8.